The first-order chi connectivity index (χ1) is 7.18. The molecule has 0 saturated carbocycles. The van der Waals surface area contributed by atoms with Crippen molar-refractivity contribution in [3.8, 4) is 0 Å². The molecule has 0 amide bonds. The van der Waals surface area contributed by atoms with Gasteiger partial charge < -0.3 is 5.32 Å². The van der Waals surface area contributed by atoms with Gasteiger partial charge in [-0.3, -0.25) is 10.1 Å². The van der Waals surface area contributed by atoms with Crippen LogP contribution in [-0.4, -0.2) is 11.5 Å². The van der Waals surface area contributed by atoms with E-state index in [0.29, 0.717) is 5.56 Å². The number of halogens is 1. The zero-order chi connectivity index (χ0) is 10.8. The van der Waals surface area contributed by atoms with E-state index in [9.17, 15) is 14.5 Å². The van der Waals surface area contributed by atoms with Crippen LogP contribution < -0.4 is 5.32 Å². The average molecular weight is 210 g/mol. The Morgan fingerprint density at radius 1 is 1.53 bits per heavy atom. The van der Waals surface area contributed by atoms with Crippen LogP contribution in [0.5, 0.6) is 0 Å². The smallest absolute Gasteiger partial charge is 0.274 e. The molecular weight excluding hydrogens is 199 g/mol. The van der Waals surface area contributed by atoms with Gasteiger partial charge in [0.1, 0.15) is 5.82 Å². The first-order valence-corrected chi connectivity index (χ1v) is 4.85. The summed E-state index contributed by atoms with van der Waals surface area (Å²) in [4.78, 5) is 10.3. The fourth-order valence-electron chi connectivity index (χ4n) is 1.92. The molecule has 0 aliphatic carbocycles. The number of hydrogen-bond donors (Lipinski definition) is 1. The molecular formula is C10H11FN2O2. The molecule has 0 bridgehead atoms. The second kappa shape index (κ2) is 3.94. The third-order valence-electron chi connectivity index (χ3n) is 2.62. The lowest BCUT2D eigenvalue weighted by atomic mass is 10.0. The first kappa shape index (κ1) is 10.0. The summed E-state index contributed by atoms with van der Waals surface area (Å²) in [5.41, 5.74) is 0.452. The summed E-state index contributed by atoms with van der Waals surface area (Å²) in [5, 5.41) is 13.9. The van der Waals surface area contributed by atoms with Crippen molar-refractivity contribution in [3.05, 3.63) is 39.7 Å². The molecule has 1 fully saturated rings. The van der Waals surface area contributed by atoms with Crippen LogP contribution in [0.25, 0.3) is 0 Å². The molecule has 1 aliphatic heterocycles. The first-order valence-electron chi connectivity index (χ1n) is 4.85. The van der Waals surface area contributed by atoms with E-state index in [4.69, 9.17) is 0 Å². The molecule has 1 unspecified atom stereocenters. The SMILES string of the molecule is O=[N+]([O-])c1ccc(F)cc1C1CCCN1. The molecule has 1 heterocycles. The summed E-state index contributed by atoms with van der Waals surface area (Å²) in [6.45, 7) is 0.832. The van der Waals surface area contributed by atoms with Gasteiger partial charge in [-0.2, -0.15) is 0 Å². The van der Waals surface area contributed by atoms with Crippen molar-refractivity contribution in [1.29, 1.82) is 0 Å². The van der Waals surface area contributed by atoms with E-state index >= 15 is 0 Å². The van der Waals surface area contributed by atoms with E-state index < -0.39 is 10.7 Å². The summed E-state index contributed by atoms with van der Waals surface area (Å²) in [7, 11) is 0. The maximum atomic E-state index is 13.0. The predicted octanol–water partition coefficient (Wildman–Crippen LogP) is 2.16. The fraction of sp³-hybridized carbons (Fsp3) is 0.400. The Kier molecular flexibility index (Phi) is 2.64. The third kappa shape index (κ3) is 1.97. The van der Waals surface area contributed by atoms with Gasteiger partial charge >= 0.3 is 0 Å². The predicted molar refractivity (Wildman–Crippen MR) is 53.0 cm³/mol. The fourth-order valence-corrected chi connectivity index (χ4v) is 1.92. The molecule has 5 heteroatoms. The van der Waals surface area contributed by atoms with Crippen LogP contribution in [0, 0.1) is 15.9 Å². The molecule has 80 valence electrons. The zero-order valence-electron chi connectivity index (χ0n) is 8.07. The van der Waals surface area contributed by atoms with Gasteiger partial charge in [0.05, 0.1) is 4.92 Å². The van der Waals surface area contributed by atoms with E-state index in [0.717, 1.165) is 25.5 Å². The van der Waals surface area contributed by atoms with Gasteiger partial charge in [-0.1, -0.05) is 0 Å². The van der Waals surface area contributed by atoms with Gasteiger partial charge in [0.25, 0.3) is 5.69 Å². The summed E-state index contributed by atoms with van der Waals surface area (Å²) >= 11 is 0. The van der Waals surface area contributed by atoms with Gasteiger partial charge in [0.2, 0.25) is 0 Å². The average Bonchev–Trinajstić information content (AvgIpc) is 2.69. The van der Waals surface area contributed by atoms with Crippen LogP contribution in [0.4, 0.5) is 10.1 Å². The Bertz CT molecular complexity index is 389. The van der Waals surface area contributed by atoms with Gasteiger partial charge in [-0.15, -0.1) is 0 Å². The molecule has 4 nitrogen and oxygen atoms in total. The lowest BCUT2D eigenvalue weighted by Crippen LogP contribution is -2.14. The molecule has 2 rings (SSSR count). The zero-order valence-corrected chi connectivity index (χ0v) is 8.07. The highest BCUT2D eigenvalue weighted by molar-refractivity contribution is 5.42. The summed E-state index contributed by atoms with van der Waals surface area (Å²) in [6.07, 6.45) is 1.79. The van der Waals surface area contributed by atoms with Crippen LogP contribution in [0.2, 0.25) is 0 Å². The summed E-state index contributed by atoms with van der Waals surface area (Å²) < 4.78 is 13.0. The molecule has 1 saturated heterocycles. The van der Waals surface area contributed by atoms with Gasteiger partial charge in [0.15, 0.2) is 0 Å². The largest absolute Gasteiger partial charge is 0.310 e. The number of hydrogen-bond acceptors (Lipinski definition) is 3. The monoisotopic (exact) mass is 210 g/mol. The van der Waals surface area contributed by atoms with E-state index in [1.807, 2.05) is 0 Å². The van der Waals surface area contributed by atoms with Gasteiger partial charge in [-0.25, -0.2) is 4.39 Å². The minimum Gasteiger partial charge on any atom is -0.310 e. The molecule has 0 radical (unpaired) electrons. The van der Waals surface area contributed by atoms with Crippen molar-refractivity contribution in [2.45, 2.75) is 18.9 Å². The molecule has 1 atom stereocenters. The van der Waals surface area contributed by atoms with Crippen molar-refractivity contribution in [3.63, 3.8) is 0 Å². The normalized spacial score (nSPS) is 20.5. The van der Waals surface area contributed by atoms with Crippen LogP contribution in [0.15, 0.2) is 18.2 Å². The van der Waals surface area contributed by atoms with Crippen LogP contribution >= 0.6 is 0 Å². The van der Waals surface area contributed by atoms with Crippen LogP contribution in [0.3, 0.4) is 0 Å². The standard InChI is InChI=1S/C10H11FN2O2/c11-7-3-4-10(13(14)15)8(6-7)9-2-1-5-12-9/h3-4,6,9,12H,1-2,5H2. The minimum absolute atomic E-state index is 0.00389. The summed E-state index contributed by atoms with van der Waals surface area (Å²) in [5.74, 6) is -0.427. The van der Waals surface area contributed by atoms with Crippen molar-refractivity contribution in [1.82, 2.24) is 5.32 Å². The second-order valence-corrected chi connectivity index (χ2v) is 3.61. The maximum Gasteiger partial charge on any atom is 0.274 e. The lowest BCUT2D eigenvalue weighted by molar-refractivity contribution is -0.385. The van der Waals surface area contributed by atoms with E-state index in [1.165, 1.54) is 12.1 Å². The van der Waals surface area contributed by atoms with E-state index in [-0.39, 0.29) is 11.7 Å². The lowest BCUT2D eigenvalue weighted by Gasteiger charge is -2.10. The number of rotatable bonds is 2. The number of nitrogens with one attached hydrogen (secondary N) is 1. The Morgan fingerprint density at radius 2 is 2.33 bits per heavy atom. The molecule has 0 aromatic heterocycles. The maximum absolute atomic E-state index is 13.0. The van der Waals surface area contributed by atoms with Gasteiger partial charge in [0, 0.05) is 17.7 Å². The number of nitro groups is 1. The Hall–Kier alpha value is -1.49. The quantitative estimate of drug-likeness (QED) is 0.601. The Morgan fingerprint density at radius 3 is 2.93 bits per heavy atom. The highest BCUT2D eigenvalue weighted by Gasteiger charge is 2.24. The molecule has 1 aromatic carbocycles. The van der Waals surface area contributed by atoms with Crippen molar-refractivity contribution >= 4 is 5.69 Å². The third-order valence-corrected chi connectivity index (χ3v) is 2.62. The Balaban J connectivity index is 2.41. The van der Waals surface area contributed by atoms with Crippen molar-refractivity contribution < 1.29 is 9.31 Å². The van der Waals surface area contributed by atoms with Crippen molar-refractivity contribution in [2.24, 2.45) is 0 Å². The van der Waals surface area contributed by atoms with E-state index in [2.05, 4.69) is 5.32 Å². The highest BCUT2D eigenvalue weighted by Crippen LogP contribution is 2.31. The molecule has 1 aromatic rings. The molecule has 0 spiro atoms. The van der Waals surface area contributed by atoms with Gasteiger partial charge in [-0.05, 0) is 31.5 Å². The van der Waals surface area contributed by atoms with Crippen LogP contribution in [0.1, 0.15) is 24.4 Å². The number of benzene rings is 1. The topological polar surface area (TPSA) is 55.2 Å². The molecule has 1 N–H and O–H groups in total. The molecule has 1 aliphatic rings. The highest BCUT2D eigenvalue weighted by atomic mass is 19.1. The van der Waals surface area contributed by atoms with E-state index in [1.54, 1.807) is 0 Å². The van der Waals surface area contributed by atoms with Crippen molar-refractivity contribution in [2.75, 3.05) is 6.54 Å². The Labute approximate surface area is 86.3 Å². The minimum atomic E-state index is -0.464. The molecule has 15 heavy (non-hydrogen) atoms. The number of nitrogens with zero attached hydrogens (tertiary/aromatic N) is 1. The number of nitro benzene ring substituents is 1. The summed E-state index contributed by atoms with van der Waals surface area (Å²) in [6, 6.07) is 3.52. The van der Waals surface area contributed by atoms with Crippen LogP contribution in [-0.2, 0) is 0 Å². The second-order valence-electron chi connectivity index (χ2n) is 3.61.